The molecular formula is C20H21N3O4S. The van der Waals surface area contributed by atoms with Crippen LogP contribution in [0.5, 0.6) is 5.75 Å². The van der Waals surface area contributed by atoms with Gasteiger partial charge in [-0.15, -0.1) is 11.3 Å². The molecule has 7 nitrogen and oxygen atoms in total. The molecule has 0 radical (unpaired) electrons. The normalized spacial score (nSPS) is 10.5. The van der Waals surface area contributed by atoms with Crippen molar-refractivity contribution in [2.24, 2.45) is 0 Å². The number of carbonyl (C=O) groups is 2. The number of benzene rings is 1. The highest BCUT2D eigenvalue weighted by Crippen LogP contribution is 2.26. The zero-order valence-corrected chi connectivity index (χ0v) is 16.7. The van der Waals surface area contributed by atoms with Crippen molar-refractivity contribution in [1.29, 1.82) is 0 Å². The predicted octanol–water partition coefficient (Wildman–Crippen LogP) is 3.10. The standard InChI is InChI=1S/C20H21N3O4S/c1-12-6-4-7-13(2)19(12)26-11-18(25)23-22-17(24)10-15-14(3)27-20(21-15)16-8-5-9-28-16/h4-9H,10-11H2,1-3H3,(H,22,24)(H,23,25). The lowest BCUT2D eigenvalue weighted by Crippen LogP contribution is -2.44. The summed E-state index contributed by atoms with van der Waals surface area (Å²) in [5.41, 5.74) is 7.13. The number of aryl methyl sites for hydroxylation is 3. The van der Waals surface area contributed by atoms with Crippen LogP contribution in [-0.2, 0) is 16.0 Å². The van der Waals surface area contributed by atoms with Gasteiger partial charge in [0.1, 0.15) is 11.5 Å². The van der Waals surface area contributed by atoms with Gasteiger partial charge in [0.05, 0.1) is 17.0 Å². The Balaban J connectivity index is 1.48. The fourth-order valence-electron chi connectivity index (χ4n) is 2.63. The van der Waals surface area contributed by atoms with E-state index >= 15 is 0 Å². The second-order valence-electron chi connectivity index (χ2n) is 6.28. The van der Waals surface area contributed by atoms with Gasteiger partial charge in [0.25, 0.3) is 5.91 Å². The molecular weight excluding hydrogens is 378 g/mol. The fraction of sp³-hybridized carbons (Fsp3) is 0.250. The summed E-state index contributed by atoms with van der Waals surface area (Å²) in [5.74, 6) is 0.884. The van der Waals surface area contributed by atoms with Gasteiger partial charge in [-0.05, 0) is 43.3 Å². The highest BCUT2D eigenvalue weighted by Gasteiger charge is 2.16. The Hall–Kier alpha value is -3.13. The van der Waals surface area contributed by atoms with E-state index in [1.165, 1.54) is 11.3 Å². The lowest BCUT2D eigenvalue weighted by molar-refractivity contribution is -0.129. The van der Waals surface area contributed by atoms with E-state index in [4.69, 9.17) is 9.15 Å². The first kappa shape index (κ1) is 19.6. The van der Waals surface area contributed by atoms with Crippen LogP contribution in [0.2, 0.25) is 0 Å². The first-order valence-electron chi connectivity index (χ1n) is 8.71. The number of hydrogen-bond acceptors (Lipinski definition) is 6. The number of aromatic nitrogens is 1. The second kappa shape index (κ2) is 8.71. The summed E-state index contributed by atoms with van der Waals surface area (Å²) in [6, 6.07) is 9.55. The van der Waals surface area contributed by atoms with Crippen molar-refractivity contribution in [3.05, 3.63) is 58.3 Å². The SMILES string of the molecule is Cc1cccc(C)c1OCC(=O)NNC(=O)Cc1nc(-c2cccs2)oc1C. The van der Waals surface area contributed by atoms with Gasteiger partial charge in [0.2, 0.25) is 11.8 Å². The Morgan fingerprint density at radius 1 is 1.07 bits per heavy atom. The minimum absolute atomic E-state index is 0.00124. The van der Waals surface area contributed by atoms with Gasteiger partial charge in [-0.3, -0.25) is 20.4 Å². The van der Waals surface area contributed by atoms with E-state index in [0.29, 0.717) is 23.1 Å². The summed E-state index contributed by atoms with van der Waals surface area (Å²) in [7, 11) is 0. The Kier molecular flexibility index (Phi) is 6.10. The number of amides is 2. The summed E-state index contributed by atoms with van der Waals surface area (Å²) in [6.45, 7) is 5.38. The average Bonchev–Trinajstić information content (AvgIpc) is 3.30. The van der Waals surface area contributed by atoms with Gasteiger partial charge >= 0.3 is 0 Å². The Labute approximate surface area is 166 Å². The molecule has 2 aromatic heterocycles. The Morgan fingerprint density at radius 3 is 2.46 bits per heavy atom. The van der Waals surface area contributed by atoms with E-state index in [0.717, 1.165) is 16.0 Å². The summed E-state index contributed by atoms with van der Waals surface area (Å²) < 4.78 is 11.2. The van der Waals surface area contributed by atoms with Crippen LogP contribution in [0.3, 0.4) is 0 Å². The predicted molar refractivity (Wildman–Crippen MR) is 106 cm³/mol. The molecule has 0 unspecified atom stereocenters. The minimum Gasteiger partial charge on any atom is -0.483 e. The molecule has 2 amide bonds. The molecule has 3 aromatic rings. The smallest absolute Gasteiger partial charge is 0.276 e. The van der Waals surface area contributed by atoms with Crippen LogP contribution in [-0.4, -0.2) is 23.4 Å². The molecule has 0 aliphatic rings. The Bertz CT molecular complexity index is 959. The van der Waals surface area contributed by atoms with Crippen molar-refractivity contribution in [2.45, 2.75) is 27.2 Å². The quantitative estimate of drug-likeness (QED) is 0.621. The van der Waals surface area contributed by atoms with Gasteiger partial charge in [-0.1, -0.05) is 24.3 Å². The number of oxazole rings is 1. The maximum atomic E-state index is 12.1. The molecule has 0 spiro atoms. The van der Waals surface area contributed by atoms with Gasteiger partial charge in [-0.25, -0.2) is 4.98 Å². The van der Waals surface area contributed by atoms with Crippen molar-refractivity contribution in [3.63, 3.8) is 0 Å². The molecule has 3 rings (SSSR count). The van der Waals surface area contributed by atoms with Crippen LogP contribution >= 0.6 is 11.3 Å². The van der Waals surface area contributed by atoms with Crippen LogP contribution in [0.25, 0.3) is 10.8 Å². The molecule has 2 N–H and O–H groups in total. The number of rotatable bonds is 6. The summed E-state index contributed by atoms with van der Waals surface area (Å²) in [5, 5.41) is 1.93. The third-order valence-electron chi connectivity index (χ3n) is 4.05. The lowest BCUT2D eigenvalue weighted by Gasteiger charge is -2.12. The largest absolute Gasteiger partial charge is 0.483 e. The number of carbonyl (C=O) groups excluding carboxylic acids is 2. The first-order chi connectivity index (χ1) is 13.4. The fourth-order valence-corrected chi connectivity index (χ4v) is 3.28. The van der Waals surface area contributed by atoms with Gasteiger partial charge in [0.15, 0.2) is 6.61 Å². The van der Waals surface area contributed by atoms with Crippen molar-refractivity contribution in [1.82, 2.24) is 15.8 Å². The zero-order chi connectivity index (χ0) is 20.1. The van der Waals surface area contributed by atoms with E-state index in [1.54, 1.807) is 6.92 Å². The molecule has 0 atom stereocenters. The molecule has 0 saturated carbocycles. The van der Waals surface area contributed by atoms with Crippen molar-refractivity contribution in [3.8, 4) is 16.5 Å². The zero-order valence-electron chi connectivity index (χ0n) is 15.9. The highest BCUT2D eigenvalue weighted by atomic mass is 32.1. The van der Waals surface area contributed by atoms with Gasteiger partial charge < -0.3 is 9.15 Å². The number of nitrogens with one attached hydrogen (secondary N) is 2. The Morgan fingerprint density at radius 2 is 1.79 bits per heavy atom. The van der Waals surface area contributed by atoms with Crippen molar-refractivity contribution >= 4 is 23.2 Å². The average molecular weight is 399 g/mol. The number of para-hydroxylation sites is 1. The van der Waals surface area contributed by atoms with Crippen molar-refractivity contribution in [2.75, 3.05) is 6.61 Å². The monoisotopic (exact) mass is 399 g/mol. The molecule has 0 saturated heterocycles. The second-order valence-corrected chi connectivity index (χ2v) is 7.23. The molecule has 0 fully saturated rings. The number of nitrogens with zero attached hydrogens (tertiary/aromatic N) is 1. The summed E-state index contributed by atoms with van der Waals surface area (Å²) >= 11 is 1.51. The number of thiophene rings is 1. The van der Waals surface area contributed by atoms with Crippen molar-refractivity contribution < 1.29 is 18.7 Å². The number of hydrogen-bond donors (Lipinski definition) is 2. The van der Waals surface area contributed by atoms with Gasteiger partial charge in [0, 0.05) is 0 Å². The molecule has 8 heteroatoms. The first-order valence-corrected chi connectivity index (χ1v) is 9.59. The molecule has 1 aromatic carbocycles. The molecule has 2 heterocycles. The van der Waals surface area contributed by atoms with Crippen LogP contribution in [0.4, 0.5) is 0 Å². The molecule has 0 bridgehead atoms. The van der Waals surface area contributed by atoms with Crippen LogP contribution in [0, 0.1) is 20.8 Å². The van der Waals surface area contributed by atoms with E-state index in [-0.39, 0.29) is 13.0 Å². The van der Waals surface area contributed by atoms with Gasteiger partial charge in [-0.2, -0.15) is 0 Å². The number of ether oxygens (including phenoxy) is 1. The van der Waals surface area contributed by atoms with E-state index in [1.807, 2.05) is 49.6 Å². The molecule has 0 aliphatic carbocycles. The minimum atomic E-state index is -0.452. The topological polar surface area (TPSA) is 93.5 Å². The third-order valence-corrected chi connectivity index (χ3v) is 4.91. The molecule has 0 aliphatic heterocycles. The van der Waals surface area contributed by atoms with E-state index in [9.17, 15) is 9.59 Å². The summed E-state index contributed by atoms with van der Waals surface area (Å²) in [4.78, 5) is 29.3. The maximum absolute atomic E-state index is 12.1. The lowest BCUT2D eigenvalue weighted by atomic mass is 10.1. The maximum Gasteiger partial charge on any atom is 0.276 e. The molecule has 28 heavy (non-hydrogen) atoms. The van der Waals surface area contributed by atoms with Crippen LogP contribution in [0.1, 0.15) is 22.6 Å². The van der Waals surface area contributed by atoms with Crippen LogP contribution in [0.15, 0.2) is 40.1 Å². The summed E-state index contributed by atoms with van der Waals surface area (Å²) in [6.07, 6.45) is -0.00124. The van der Waals surface area contributed by atoms with E-state index < -0.39 is 11.8 Å². The van der Waals surface area contributed by atoms with E-state index in [2.05, 4.69) is 15.8 Å². The highest BCUT2D eigenvalue weighted by molar-refractivity contribution is 7.13. The third kappa shape index (κ3) is 4.77. The molecule has 146 valence electrons. The number of hydrazine groups is 1. The van der Waals surface area contributed by atoms with Crippen LogP contribution < -0.4 is 15.6 Å².